The Morgan fingerprint density at radius 1 is 1.35 bits per heavy atom. The Morgan fingerprint density at radius 3 is 2.82 bits per heavy atom. The summed E-state index contributed by atoms with van der Waals surface area (Å²) in [5, 5.41) is 0. The van der Waals surface area contributed by atoms with E-state index < -0.39 is 0 Å². The molecule has 17 heavy (non-hydrogen) atoms. The lowest BCUT2D eigenvalue weighted by molar-refractivity contribution is -0.0476. The van der Waals surface area contributed by atoms with Crippen molar-refractivity contribution in [1.82, 2.24) is 0 Å². The molecule has 0 unspecified atom stereocenters. The molecule has 0 aromatic heterocycles. The van der Waals surface area contributed by atoms with Crippen LogP contribution in [0, 0.1) is 5.82 Å². The maximum Gasteiger partial charge on any atom is 0.157 e. The molecule has 1 saturated heterocycles. The molecule has 2 rings (SSSR count). The van der Waals surface area contributed by atoms with E-state index in [9.17, 15) is 4.39 Å². The third-order valence-corrected chi connectivity index (χ3v) is 2.82. The highest BCUT2D eigenvalue weighted by Gasteiger charge is 2.15. The topological polar surface area (TPSA) is 27.7 Å². The molecule has 1 heterocycles. The number of hydrogen-bond acceptors (Lipinski definition) is 3. The minimum Gasteiger partial charge on any atom is -0.496 e. The molecule has 0 spiro atoms. The minimum absolute atomic E-state index is 0.0884. The summed E-state index contributed by atoms with van der Waals surface area (Å²) >= 11 is 0. The molecule has 1 aliphatic heterocycles. The molecule has 1 aromatic carbocycles. The van der Waals surface area contributed by atoms with Crippen LogP contribution in [-0.4, -0.2) is 26.6 Å². The van der Waals surface area contributed by atoms with E-state index in [0.717, 1.165) is 30.6 Å². The van der Waals surface area contributed by atoms with Gasteiger partial charge in [-0.1, -0.05) is 0 Å². The van der Waals surface area contributed by atoms with E-state index in [0.29, 0.717) is 13.2 Å². The van der Waals surface area contributed by atoms with Crippen LogP contribution in [0.15, 0.2) is 18.2 Å². The third-order valence-electron chi connectivity index (χ3n) is 2.82. The number of rotatable bonds is 5. The van der Waals surface area contributed by atoms with Gasteiger partial charge < -0.3 is 14.2 Å². The van der Waals surface area contributed by atoms with E-state index in [2.05, 4.69) is 0 Å². The summed E-state index contributed by atoms with van der Waals surface area (Å²) in [7, 11) is 1.60. The van der Waals surface area contributed by atoms with Crippen LogP contribution in [0.2, 0.25) is 0 Å². The Balaban J connectivity index is 1.86. The summed E-state index contributed by atoms with van der Waals surface area (Å²) in [6, 6.07) is 4.59. The van der Waals surface area contributed by atoms with Crippen molar-refractivity contribution in [2.24, 2.45) is 0 Å². The zero-order chi connectivity index (χ0) is 12.1. The van der Waals surface area contributed by atoms with Crippen molar-refractivity contribution in [3.8, 4) is 5.75 Å². The van der Waals surface area contributed by atoms with Crippen LogP contribution in [0.3, 0.4) is 0 Å². The minimum atomic E-state index is -0.228. The Hall–Kier alpha value is -1.13. The fourth-order valence-electron chi connectivity index (χ4n) is 1.98. The summed E-state index contributed by atoms with van der Waals surface area (Å²) in [5.41, 5.74) is 0.894. The van der Waals surface area contributed by atoms with Gasteiger partial charge in [-0.25, -0.2) is 4.39 Å². The summed E-state index contributed by atoms with van der Waals surface area (Å²) in [5.74, 6) is 0.508. The Bertz CT molecular complexity index is 362. The first-order valence-electron chi connectivity index (χ1n) is 5.85. The maximum atomic E-state index is 13.1. The largest absolute Gasteiger partial charge is 0.496 e. The number of methoxy groups -OCH3 is 1. The van der Waals surface area contributed by atoms with E-state index in [1.165, 1.54) is 12.1 Å². The van der Waals surface area contributed by atoms with Gasteiger partial charge in [0.15, 0.2) is 6.29 Å². The second-order valence-corrected chi connectivity index (χ2v) is 4.02. The lowest BCUT2D eigenvalue weighted by Gasteiger charge is -2.10. The third kappa shape index (κ3) is 3.41. The van der Waals surface area contributed by atoms with Gasteiger partial charge in [-0.2, -0.15) is 0 Å². The molecule has 3 nitrogen and oxygen atoms in total. The normalized spacial score (nSPS) is 16.4. The van der Waals surface area contributed by atoms with Crippen molar-refractivity contribution in [1.29, 1.82) is 0 Å². The predicted molar refractivity (Wildman–Crippen MR) is 61.6 cm³/mol. The fourth-order valence-corrected chi connectivity index (χ4v) is 1.98. The highest BCUT2D eigenvalue weighted by atomic mass is 19.1. The van der Waals surface area contributed by atoms with Crippen LogP contribution < -0.4 is 4.74 Å². The second kappa shape index (κ2) is 5.98. The molecule has 94 valence electrons. The summed E-state index contributed by atoms with van der Waals surface area (Å²) in [6.07, 6.45) is 2.41. The number of halogens is 1. The first-order valence-corrected chi connectivity index (χ1v) is 5.85. The molecule has 0 aliphatic carbocycles. The van der Waals surface area contributed by atoms with E-state index in [4.69, 9.17) is 14.2 Å². The zero-order valence-corrected chi connectivity index (χ0v) is 9.95. The van der Waals surface area contributed by atoms with Crippen LogP contribution >= 0.6 is 0 Å². The molecular formula is C13H17FO3. The van der Waals surface area contributed by atoms with Gasteiger partial charge in [0.25, 0.3) is 0 Å². The molecule has 1 aromatic rings. The van der Waals surface area contributed by atoms with Gasteiger partial charge in [0.05, 0.1) is 20.3 Å². The Kier molecular flexibility index (Phi) is 4.34. The average molecular weight is 240 g/mol. The highest BCUT2D eigenvalue weighted by Crippen LogP contribution is 2.22. The quantitative estimate of drug-likeness (QED) is 0.791. The Morgan fingerprint density at radius 2 is 2.12 bits per heavy atom. The van der Waals surface area contributed by atoms with Gasteiger partial charge in [0.1, 0.15) is 11.6 Å². The Labute approximate surface area is 100 Å². The lowest BCUT2D eigenvalue weighted by atomic mass is 10.1. The van der Waals surface area contributed by atoms with Crippen LogP contribution in [0.25, 0.3) is 0 Å². The van der Waals surface area contributed by atoms with Gasteiger partial charge in [0, 0.05) is 0 Å². The van der Waals surface area contributed by atoms with Crippen LogP contribution in [0.1, 0.15) is 18.4 Å². The standard InChI is InChI=1S/C13H17FO3/c1-15-12-6-5-11(14)9-10(12)3-2-4-13-16-7-8-17-13/h5-6,9,13H,2-4,7-8H2,1H3. The smallest absolute Gasteiger partial charge is 0.157 e. The highest BCUT2D eigenvalue weighted by molar-refractivity contribution is 5.33. The van der Waals surface area contributed by atoms with Crippen LogP contribution in [-0.2, 0) is 15.9 Å². The predicted octanol–water partition coefficient (Wildman–Crippen LogP) is 2.53. The van der Waals surface area contributed by atoms with Crippen molar-refractivity contribution in [2.75, 3.05) is 20.3 Å². The van der Waals surface area contributed by atoms with Crippen molar-refractivity contribution < 1.29 is 18.6 Å². The van der Waals surface area contributed by atoms with Crippen molar-refractivity contribution in [2.45, 2.75) is 25.6 Å². The summed E-state index contributed by atoms with van der Waals surface area (Å²) < 4.78 is 29.0. The van der Waals surface area contributed by atoms with Gasteiger partial charge in [-0.3, -0.25) is 0 Å². The molecule has 0 radical (unpaired) electrons. The molecule has 0 amide bonds. The van der Waals surface area contributed by atoms with Crippen LogP contribution in [0.5, 0.6) is 5.75 Å². The second-order valence-electron chi connectivity index (χ2n) is 4.02. The van der Waals surface area contributed by atoms with E-state index >= 15 is 0 Å². The van der Waals surface area contributed by atoms with Crippen LogP contribution in [0.4, 0.5) is 4.39 Å². The number of ether oxygens (including phenoxy) is 3. The van der Waals surface area contributed by atoms with Gasteiger partial charge in [-0.05, 0) is 43.0 Å². The summed E-state index contributed by atoms with van der Waals surface area (Å²) in [4.78, 5) is 0. The molecule has 0 bridgehead atoms. The van der Waals surface area contributed by atoms with E-state index in [-0.39, 0.29) is 12.1 Å². The molecular weight excluding hydrogens is 223 g/mol. The average Bonchev–Trinajstić information content (AvgIpc) is 2.82. The van der Waals surface area contributed by atoms with E-state index in [1.54, 1.807) is 13.2 Å². The van der Waals surface area contributed by atoms with E-state index in [1.807, 2.05) is 0 Å². The molecule has 0 N–H and O–H groups in total. The van der Waals surface area contributed by atoms with Gasteiger partial charge >= 0.3 is 0 Å². The molecule has 4 heteroatoms. The SMILES string of the molecule is COc1ccc(F)cc1CCCC1OCCO1. The maximum absolute atomic E-state index is 13.1. The van der Waals surface area contributed by atoms with Crippen molar-refractivity contribution in [3.05, 3.63) is 29.6 Å². The first-order chi connectivity index (χ1) is 8.29. The van der Waals surface area contributed by atoms with Gasteiger partial charge in [-0.15, -0.1) is 0 Å². The molecule has 0 saturated carbocycles. The van der Waals surface area contributed by atoms with Crippen molar-refractivity contribution >= 4 is 0 Å². The fraction of sp³-hybridized carbons (Fsp3) is 0.538. The molecule has 1 fully saturated rings. The molecule has 1 aliphatic rings. The number of aryl methyl sites for hydroxylation is 1. The van der Waals surface area contributed by atoms with Crippen molar-refractivity contribution in [3.63, 3.8) is 0 Å². The lowest BCUT2D eigenvalue weighted by Crippen LogP contribution is -2.07. The zero-order valence-electron chi connectivity index (χ0n) is 9.95. The monoisotopic (exact) mass is 240 g/mol. The number of hydrogen-bond donors (Lipinski definition) is 0. The summed E-state index contributed by atoms with van der Waals surface area (Å²) in [6.45, 7) is 1.35. The van der Waals surface area contributed by atoms with Gasteiger partial charge in [0.2, 0.25) is 0 Å². The molecule has 0 atom stereocenters. The number of benzene rings is 1. The first kappa shape index (κ1) is 12.3.